The molecule has 0 radical (unpaired) electrons. The average molecular weight is 516 g/mol. The summed E-state index contributed by atoms with van der Waals surface area (Å²) >= 11 is 0. The number of hydrogen-bond acceptors (Lipinski definition) is 6. The fraction of sp³-hybridized carbons (Fsp3) is 0.276. The van der Waals surface area contributed by atoms with E-state index in [2.05, 4.69) is 10.3 Å². The lowest BCUT2D eigenvalue weighted by atomic mass is 10.1. The van der Waals surface area contributed by atoms with Gasteiger partial charge in [-0.3, -0.25) is 4.99 Å². The van der Waals surface area contributed by atoms with Crippen LogP contribution in [-0.4, -0.2) is 42.1 Å². The van der Waals surface area contributed by atoms with Gasteiger partial charge in [-0.15, -0.1) is 0 Å². The van der Waals surface area contributed by atoms with Crippen LogP contribution in [-0.2, 0) is 9.47 Å². The number of methoxy groups -OCH3 is 1. The molecule has 2 aromatic rings. The molecule has 3 heterocycles. The van der Waals surface area contributed by atoms with Gasteiger partial charge in [0.15, 0.2) is 11.6 Å². The molecule has 38 heavy (non-hydrogen) atoms. The second-order valence-electron chi connectivity index (χ2n) is 9.33. The zero-order valence-corrected chi connectivity index (χ0v) is 21.0. The molecule has 0 atom stereocenters. The molecule has 1 aliphatic carbocycles. The Morgan fingerprint density at radius 2 is 1.89 bits per heavy atom. The van der Waals surface area contributed by atoms with E-state index in [0.29, 0.717) is 30.5 Å². The van der Waals surface area contributed by atoms with Crippen molar-refractivity contribution in [1.82, 2.24) is 9.55 Å². The number of aliphatic imine (C=N–C) groups is 1. The van der Waals surface area contributed by atoms with Gasteiger partial charge in [0.05, 0.1) is 52.3 Å². The monoisotopic (exact) mass is 515 g/mol. The third-order valence-corrected chi connectivity index (χ3v) is 6.84. The molecular formula is C29H27F2N5O2. The van der Waals surface area contributed by atoms with Gasteiger partial charge >= 0.3 is 0 Å². The molecule has 0 saturated carbocycles. The van der Waals surface area contributed by atoms with E-state index in [0.717, 1.165) is 65.2 Å². The van der Waals surface area contributed by atoms with Gasteiger partial charge in [-0.05, 0) is 62.1 Å². The first kappa shape index (κ1) is 24.2. The van der Waals surface area contributed by atoms with E-state index < -0.39 is 11.6 Å². The summed E-state index contributed by atoms with van der Waals surface area (Å²) in [5.41, 5.74) is 5.06. The van der Waals surface area contributed by atoms with E-state index in [1.165, 1.54) is 6.07 Å². The first-order chi connectivity index (χ1) is 18.6. The van der Waals surface area contributed by atoms with Crippen LogP contribution in [0, 0.1) is 11.6 Å². The summed E-state index contributed by atoms with van der Waals surface area (Å²) in [6, 6.07) is 15.6. The number of nitrogens with one attached hydrogen (secondary N) is 1. The van der Waals surface area contributed by atoms with E-state index in [1.807, 2.05) is 47.2 Å². The quantitative estimate of drug-likeness (QED) is 0.352. The Hall–Kier alpha value is -4.11. The highest BCUT2D eigenvalue weighted by atomic mass is 19.2. The number of allylic oxidation sites excluding steroid dienone is 1. The fourth-order valence-corrected chi connectivity index (χ4v) is 4.96. The van der Waals surface area contributed by atoms with Crippen LogP contribution in [0.25, 0.3) is 28.1 Å². The summed E-state index contributed by atoms with van der Waals surface area (Å²) in [7, 11) is 1.60. The normalized spacial score (nSPS) is 17.0. The SMILES string of the molecule is COC1=C(Nc2cc3nc4ccccc4n(-c4ccc(F)c(F)c4)c-3c/c2=N\C2CCOCC2)CCC=N1. The highest BCUT2D eigenvalue weighted by molar-refractivity contribution is 5.84. The summed E-state index contributed by atoms with van der Waals surface area (Å²) in [6.45, 7) is 1.33. The Kier molecular flexibility index (Phi) is 6.59. The van der Waals surface area contributed by atoms with Crippen molar-refractivity contribution < 1.29 is 18.3 Å². The van der Waals surface area contributed by atoms with E-state index in [1.54, 1.807) is 13.2 Å². The van der Waals surface area contributed by atoms with Crippen LogP contribution in [0.1, 0.15) is 25.7 Å². The van der Waals surface area contributed by atoms with Gasteiger partial charge < -0.3 is 19.4 Å². The molecule has 0 amide bonds. The molecule has 3 aliphatic heterocycles. The number of hydrogen-bond donors (Lipinski definition) is 1. The Morgan fingerprint density at radius 1 is 1.05 bits per heavy atom. The second kappa shape index (κ2) is 10.3. The molecule has 4 aliphatic rings. The summed E-state index contributed by atoms with van der Waals surface area (Å²) in [6.07, 6.45) is 5.05. The number of halogens is 2. The predicted molar refractivity (Wildman–Crippen MR) is 142 cm³/mol. The highest BCUT2D eigenvalue weighted by Crippen LogP contribution is 2.31. The van der Waals surface area contributed by atoms with Crippen molar-refractivity contribution in [2.45, 2.75) is 31.7 Å². The number of fused-ring (bicyclic) bond motifs is 2. The first-order valence-corrected chi connectivity index (χ1v) is 12.7. The molecule has 9 heteroatoms. The molecule has 7 nitrogen and oxygen atoms in total. The third kappa shape index (κ3) is 4.65. The van der Waals surface area contributed by atoms with Gasteiger partial charge in [-0.2, -0.15) is 0 Å². The lowest BCUT2D eigenvalue weighted by molar-refractivity contribution is 0.0864. The zero-order chi connectivity index (χ0) is 26.1. The van der Waals surface area contributed by atoms with Gasteiger partial charge in [-0.25, -0.2) is 18.8 Å². The van der Waals surface area contributed by atoms with Crippen LogP contribution >= 0.6 is 0 Å². The minimum Gasteiger partial charge on any atom is -0.480 e. The standard InChI is InChI=1S/C29H27F2N5O2/c1-37-29-23(6-4-12-32-29)35-24-16-26-28(17-25(24)33-18-10-13-38-14-11-18)36(19-8-9-20(30)21(31)15-19)27-7-3-2-5-22(27)34-26/h2-3,5,7-9,12,15-18,35H,4,6,10-11,13-14H2,1H3/b33-25+. The van der Waals surface area contributed by atoms with E-state index >= 15 is 0 Å². The minimum absolute atomic E-state index is 0.104. The molecular weight excluding hydrogens is 488 g/mol. The number of anilines is 1. The topological polar surface area (TPSA) is 73.0 Å². The number of nitrogens with zero attached hydrogens (tertiary/aromatic N) is 4. The van der Waals surface area contributed by atoms with E-state index in [4.69, 9.17) is 19.5 Å². The van der Waals surface area contributed by atoms with Crippen molar-refractivity contribution in [3.05, 3.63) is 83.2 Å². The maximum Gasteiger partial charge on any atom is 0.232 e. The second-order valence-corrected chi connectivity index (χ2v) is 9.33. The molecule has 0 unspecified atom stereocenters. The van der Waals surface area contributed by atoms with Crippen LogP contribution in [0.3, 0.4) is 0 Å². The smallest absolute Gasteiger partial charge is 0.232 e. The lowest BCUT2D eigenvalue weighted by Crippen LogP contribution is -2.24. The van der Waals surface area contributed by atoms with E-state index in [9.17, 15) is 8.78 Å². The number of rotatable bonds is 5. The van der Waals surface area contributed by atoms with Gasteiger partial charge in [0.1, 0.15) is 0 Å². The molecule has 1 fully saturated rings. The molecule has 1 saturated heterocycles. The van der Waals surface area contributed by atoms with Gasteiger partial charge in [0.25, 0.3) is 0 Å². The maximum absolute atomic E-state index is 14.4. The first-order valence-electron chi connectivity index (χ1n) is 12.7. The number of aromatic nitrogens is 2. The molecule has 6 rings (SSSR count). The van der Waals surface area contributed by atoms with Crippen LogP contribution in [0.5, 0.6) is 0 Å². The molecule has 194 valence electrons. The van der Waals surface area contributed by atoms with Crippen molar-refractivity contribution in [3.63, 3.8) is 0 Å². The van der Waals surface area contributed by atoms with Crippen molar-refractivity contribution >= 4 is 22.9 Å². The molecule has 0 aromatic heterocycles. The minimum atomic E-state index is -0.911. The molecule has 0 spiro atoms. The molecule has 0 bridgehead atoms. The van der Waals surface area contributed by atoms with Crippen LogP contribution in [0.2, 0.25) is 0 Å². The lowest BCUT2D eigenvalue weighted by Gasteiger charge is -2.23. The Balaban J connectivity index is 1.62. The number of ether oxygens (including phenoxy) is 2. The Morgan fingerprint density at radius 3 is 2.71 bits per heavy atom. The zero-order valence-electron chi connectivity index (χ0n) is 21.0. The molecule has 2 aromatic carbocycles. The summed E-state index contributed by atoms with van der Waals surface area (Å²) in [5.74, 6) is -1.26. The van der Waals surface area contributed by atoms with Gasteiger partial charge in [0.2, 0.25) is 5.88 Å². The van der Waals surface area contributed by atoms with Crippen molar-refractivity contribution in [1.29, 1.82) is 0 Å². The van der Waals surface area contributed by atoms with Crippen molar-refractivity contribution in [2.24, 2.45) is 9.98 Å². The Bertz CT molecular complexity index is 1600. The van der Waals surface area contributed by atoms with Crippen molar-refractivity contribution in [3.8, 4) is 17.1 Å². The Labute approximate surface area is 218 Å². The van der Waals surface area contributed by atoms with Gasteiger partial charge in [0, 0.05) is 31.2 Å². The molecule has 1 N–H and O–H groups in total. The third-order valence-electron chi connectivity index (χ3n) is 6.84. The highest BCUT2D eigenvalue weighted by Gasteiger charge is 2.20. The van der Waals surface area contributed by atoms with E-state index in [-0.39, 0.29) is 6.04 Å². The number of para-hydroxylation sites is 2. The van der Waals surface area contributed by atoms with Crippen LogP contribution in [0.15, 0.2) is 76.2 Å². The predicted octanol–water partition coefficient (Wildman–Crippen LogP) is 5.58. The maximum atomic E-state index is 14.4. The van der Waals surface area contributed by atoms with Crippen LogP contribution in [0.4, 0.5) is 14.5 Å². The largest absolute Gasteiger partial charge is 0.480 e. The van der Waals surface area contributed by atoms with Gasteiger partial charge in [-0.1, -0.05) is 12.1 Å². The average Bonchev–Trinajstić information content (AvgIpc) is 2.94. The number of benzene rings is 3. The van der Waals surface area contributed by atoms with Crippen molar-refractivity contribution in [2.75, 3.05) is 25.6 Å². The summed E-state index contributed by atoms with van der Waals surface area (Å²) < 4.78 is 41.2. The fourth-order valence-electron chi connectivity index (χ4n) is 4.96. The summed E-state index contributed by atoms with van der Waals surface area (Å²) in [4.78, 5) is 14.4. The summed E-state index contributed by atoms with van der Waals surface area (Å²) in [5, 5.41) is 4.26. The van der Waals surface area contributed by atoms with Crippen LogP contribution < -0.4 is 10.7 Å².